The molecule has 3 aromatic rings. The van der Waals surface area contributed by atoms with Crippen molar-refractivity contribution in [2.24, 2.45) is 0 Å². The molecule has 0 aliphatic heterocycles. The monoisotopic (exact) mass is 463 g/mol. The van der Waals surface area contributed by atoms with Crippen LogP contribution in [0.2, 0.25) is 0 Å². The fourth-order valence-electron chi connectivity index (χ4n) is 3.24. The SMILES string of the molecule is COc1ccccc1CCc1cn(C(C)(C)C(=O)O)c(=O)c2c(C)c(Br)sc12. The van der Waals surface area contributed by atoms with Crippen molar-refractivity contribution < 1.29 is 14.6 Å². The van der Waals surface area contributed by atoms with Gasteiger partial charge in [-0.3, -0.25) is 9.36 Å². The molecule has 0 bridgehead atoms. The maximum Gasteiger partial charge on any atom is 0.329 e. The molecule has 3 rings (SSSR count). The Morgan fingerprint density at radius 1 is 1.25 bits per heavy atom. The molecule has 1 N–H and O–H groups in total. The molecule has 1 aromatic carbocycles. The summed E-state index contributed by atoms with van der Waals surface area (Å²) in [5.41, 5.74) is 1.25. The van der Waals surface area contributed by atoms with Gasteiger partial charge in [0.1, 0.15) is 11.3 Å². The summed E-state index contributed by atoms with van der Waals surface area (Å²) in [6, 6.07) is 7.83. The number of nitrogens with zero attached hydrogens (tertiary/aromatic N) is 1. The molecule has 0 saturated carbocycles. The van der Waals surface area contributed by atoms with Crippen LogP contribution in [-0.4, -0.2) is 22.8 Å². The largest absolute Gasteiger partial charge is 0.496 e. The highest BCUT2D eigenvalue weighted by atomic mass is 79.9. The molecule has 0 unspecified atom stereocenters. The molecule has 0 saturated heterocycles. The number of fused-ring (bicyclic) bond motifs is 1. The second kappa shape index (κ2) is 7.72. The summed E-state index contributed by atoms with van der Waals surface area (Å²) in [6.45, 7) is 4.97. The minimum absolute atomic E-state index is 0.275. The molecule has 0 aliphatic rings. The first-order chi connectivity index (χ1) is 13.2. The van der Waals surface area contributed by atoms with Crippen LogP contribution in [0, 0.1) is 6.92 Å². The van der Waals surface area contributed by atoms with Crippen LogP contribution in [0.3, 0.4) is 0 Å². The number of ether oxygens (including phenoxy) is 1. The number of rotatable bonds is 6. The van der Waals surface area contributed by atoms with Crippen LogP contribution >= 0.6 is 27.3 Å². The number of carboxylic acids is 1. The van der Waals surface area contributed by atoms with Gasteiger partial charge >= 0.3 is 5.97 Å². The van der Waals surface area contributed by atoms with Gasteiger partial charge in [0.15, 0.2) is 0 Å². The molecule has 148 valence electrons. The van der Waals surface area contributed by atoms with Gasteiger partial charge < -0.3 is 9.84 Å². The van der Waals surface area contributed by atoms with E-state index in [-0.39, 0.29) is 5.56 Å². The maximum atomic E-state index is 13.1. The van der Waals surface area contributed by atoms with Crippen molar-refractivity contribution in [3.8, 4) is 5.75 Å². The van der Waals surface area contributed by atoms with Crippen molar-refractivity contribution in [1.82, 2.24) is 4.57 Å². The third-order valence-electron chi connectivity index (χ3n) is 5.08. The number of carbonyl (C=O) groups is 1. The Bertz CT molecular complexity index is 1110. The van der Waals surface area contributed by atoms with E-state index in [1.165, 1.54) is 15.9 Å². The van der Waals surface area contributed by atoms with E-state index in [2.05, 4.69) is 15.9 Å². The van der Waals surface area contributed by atoms with Crippen LogP contribution in [0.1, 0.15) is 30.5 Å². The van der Waals surface area contributed by atoms with Gasteiger partial charge in [0.2, 0.25) is 0 Å². The van der Waals surface area contributed by atoms with Crippen molar-refractivity contribution in [1.29, 1.82) is 0 Å². The Kier molecular flexibility index (Phi) is 5.68. The quantitative estimate of drug-likeness (QED) is 0.572. The van der Waals surface area contributed by atoms with Crippen LogP contribution in [0.15, 0.2) is 39.0 Å². The maximum absolute atomic E-state index is 13.1. The number of thiophene rings is 1. The van der Waals surface area contributed by atoms with Gasteiger partial charge in [-0.25, -0.2) is 4.79 Å². The number of para-hydroxylation sites is 1. The number of methoxy groups -OCH3 is 1. The number of hydrogen-bond acceptors (Lipinski definition) is 4. The van der Waals surface area contributed by atoms with Gasteiger partial charge in [-0.15, -0.1) is 11.3 Å². The number of halogens is 1. The van der Waals surface area contributed by atoms with E-state index >= 15 is 0 Å². The zero-order valence-corrected chi connectivity index (χ0v) is 18.6. The lowest BCUT2D eigenvalue weighted by molar-refractivity contribution is -0.145. The predicted molar refractivity (Wildman–Crippen MR) is 116 cm³/mol. The van der Waals surface area contributed by atoms with E-state index in [0.717, 1.165) is 37.3 Å². The van der Waals surface area contributed by atoms with Crippen molar-refractivity contribution in [3.05, 3.63) is 61.3 Å². The summed E-state index contributed by atoms with van der Waals surface area (Å²) in [6.07, 6.45) is 3.09. The first-order valence-electron chi connectivity index (χ1n) is 8.87. The summed E-state index contributed by atoms with van der Waals surface area (Å²) in [4.78, 5) is 24.9. The van der Waals surface area contributed by atoms with Crippen LogP contribution in [0.4, 0.5) is 0 Å². The van der Waals surface area contributed by atoms with Crippen LogP contribution in [-0.2, 0) is 23.2 Å². The van der Waals surface area contributed by atoms with Gasteiger partial charge in [-0.2, -0.15) is 0 Å². The number of hydrogen-bond donors (Lipinski definition) is 1. The summed E-state index contributed by atoms with van der Waals surface area (Å²) in [7, 11) is 1.65. The standard InChI is InChI=1S/C21H22BrNO4S/c1-12-16-17(28-18(12)22)14(10-9-13-7-5-6-8-15(13)27-4)11-23(19(16)24)21(2,3)20(25)26/h5-8,11H,9-10H2,1-4H3,(H,25,26). The lowest BCUT2D eigenvalue weighted by atomic mass is 10.0. The van der Waals surface area contributed by atoms with Gasteiger partial charge in [-0.05, 0) is 72.3 Å². The highest BCUT2D eigenvalue weighted by Crippen LogP contribution is 2.36. The van der Waals surface area contributed by atoms with E-state index in [1.54, 1.807) is 27.2 Å². The van der Waals surface area contributed by atoms with Gasteiger partial charge in [0.05, 0.1) is 16.3 Å². The topological polar surface area (TPSA) is 68.5 Å². The minimum Gasteiger partial charge on any atom is -0.496 e. The fraction of sp³-hybridized carbons (Fsp3) is 0.333. The number of benzene rings is 1. The molecular formula is C21H22BrNO4S. The molecule has 2 heterocycles. The summed E-state index contributed by atoms with van der Waals surface area (Å²) >= 11 is 5.05. The Morgan fingerprint density at radius 2 is 1.89 bits per heavy atom. The molecule has 0 atom stereocenters. The number of aromatic nitrogens is 1. The molecule has 2 aromatic heterocycles. The number of pyridine rings is 1. The molecule has 0 amide bonds. The van der Waals surface area contributed by atoms with Crippen LogP contribution in [0.25, 0.3) is 10.1 Å². The molecule has 0 spiro atoms. The van der Waals surface area contributed by atoms with Crippen LogP contribution in [0.5, 0.6) is 5.75 Å². The number of carboxylic acid groups (broad SMARTS) is 1. The Balaban J connectivity index is 2.16. The molecule has 7 heteroatoms. The van der Waals surface area contributed by atoms with Crippen molar-refractivity contribution in [2.45, 2.75) is 39.2 Å². The van der Waals surface area contributed by atoms with Crippen molar-refractivity contribution >= 4 is 43.3 Å². The Morgan fingerprint density at radius 3 is 2.54 bits per heavy atom. The lowest BCUT2D eigenvalue weighted by Gasteiger charge is -2.24. The Labute approximate surface area is 175 Å². The third kappa shape index (κ3) is 3.49. The number of aryl methyl sites for hydroxylation is 3. The van der Waals surface area contributed by atoms with Gasteiger partial charge in [0.25, 0.3) is 5.56 Å². The zero-order valence-electron chi connectivity index (χ0n) is 16.2. The fourth-order valence-corrected chi connectivity index (χ4v) is 4.98. The first kappa shape index (κ1) is 20.6. The third-order valence-corrected chi connectivity index (χ3v) is 7.32. The lowest BCUT2D eigenvalue weighted by Crippen LogP contribution is -2.42. The normalized spacial score (nSPS) is 11.8. The summed E-state index contributed by atoms with van der Waals surface area (Å²) in [5.74, 6) is -0.224. The average molecular weight is 464 g/mol. The summed E-state index contributed by atoms with van der Waals surface area (Å²) < 4.78 is 8.58. The van der Waals surface area contributed by atoms with E-state index in [4.69, 9.17) is 4.74 Å². The predicted octanol–water partition coefficient (Wildman–Crippen LogP) is 4.75. The van der Waals surface area contributed by atoms with Gasteiger partial charge in [0, 0.05) is 10.9 Å². The zero-order chi connectivity index (χ0) is 20.6. The van der Waals surface area contributed by atoms with Crippen molar-refractivity contribution in [2.75, 3.05) is 7.11 Å². The highest BCUT2D eigenvalue weighted by Gasteiger charge is 2.32. The van der Waals surface area contributed by atoms with Gasteiger partial charge in [-0.1, -0.05) is 18.2 Å². The Hall–Kier alpha value is -2.12. The smallest absolute Gasteiger partial charge is 0.329 e. The van der Waals surface area contributed by atoms with Crippen LogP contribution < -0.4 is 10.3 Å². The summed E-state index contributed by atoms with van der Waals surface area (Å²) in [5, 5.41) is 10.2. The van der Waals surface area contributed by atoms with Crippen molar-refractivity contribution in [3.63, 3.8) is 0 Å². The molecule has 0 aliphatic carbocycles. The molecule has 0 fully saturated rings. The highest BCUT2D eigenvalue weighted by molar-refractivity contribution is 9.11. The minimum atomic E-state index is -1.34. The number of aliphatic carboxylic acids is 1. The second-order valence-electron chi connectivity index (χ2n) is 7.21. The second-order valence-corrected chi connectivity index (χ2v) is 9.55. The van der Waals surface area contributed by atoms with E-state index in [0.29, 0.717) is 11.8 Å². The first-order valence-corrected chi connectivity index (χ1v) is 10.5. The average Bonchev–Trinajstić information content (AvgIpc) is 2.96. The molecule has 28 heavy (non-hydrogen) atoms. The van der Waals surface area contributed by atoms with E-state index in [9.17, 15) is 14.7 Å². The van der Waals surface area contributed by atoms with E-state index < -0.39 is 11.5 Å². The van der Waals surface area contributed by atoms with E-state index in [1.807, 2.05) is 31.2 Å². The molecular weight excluding hydrogens is 442 g/mol. The molecule has 0 radical (unpaired) electrons. The molecule has 5 nitrogen and oxygen atoms in total.